The molecule has 0 aromatic carbocycles. The van der Waals surface area contributed by atoms with Crippen LogP contribution in [0, 0.1) is 0 Å². The van der Waals surface area contributed by atoms with Crippen molar-refractivity contribution in [2.24, 2.45) is 0 Å². The van der Waals surface area contributed by atoms with Crippen LogP contribution in [0.1, 0.15) is 24.6 Å². The quantitative estimate of drug-likeness (QED) is 0.796. The van der Waals surface area contributed by atoms with E-state index in [9.17, 15) is 0 Å². The van der Waals surface area contributed by atoms with E-state index in [4.69, 9.17) is 4.74 Å². The molecule has 114 valence electrons. The second kappa shape index (κ2) is 5.76. The molecule has 4 heterocycles. The molecule has 0 bridgehead atoms. The summed E-state index contributed by atoms with van der Waals surface area (Å²) >= 11 is 0. The number of nitrogens with zero attached hydrogens (tertiary/aromatic N) is 5. The summed E-state index contributed by atoms with van der Waals surface area (Å²) in [6.45, 7) is 2.35. The molecule has 0 amide bonds. The number of anilines is 1. The van der Waals surface area contributed by atoms with E-state index in [0.717, 1.165) is 37.3 Å². The van der Waals surface area contributed by atoms with Crippen LogP contribution in [-0.4, -0.2) is 37.8 Å². The molecule has 1 aliphatic rings. The number of nitrogens with one attached hydrogen (secondary N) is 1. The van der Waals surface area contributed by atoms with Crippen molar-refractivity contribution in [2.75, 3.05) is 18.5 Å². The van der Waals surface area contributed by atoms with E-state index in [1.54, 1.807) is 17.0 Å². The number of hydrogen-bond acceptors (Lipinski definition) is 5. The molecule has 0 saturated carbocycles. The zero-order valence-electron chi connectivity index (χ0n) is 12.2. The molecule has 1 fully saturated rings. The van der Waals surface area contributed by atoms with Gasteiger partial charge in [0.25, 0.3) is 0 Å². The van der Waals surface area contributed by atoms with Gasteiger partial charge in [-0.05, 0) is 31.0 Å². The summed E-state index contributed by atoms with van der Waals surface area (Å²) in [7, 11) is 0. The summed E-state index contributed by atoms with van der Waals surface area (Å²) in [6, 6.07) is 6.41. The maximum absolute atomic E-state index is 5.43. The van der Waals surface area contributed by atoms with Crippen LogP contribution in [0.5, 0.6) is 0 Å². The van der Waals surface area contributed by atoms with Gasteiger partial charge in [-0.2, -0.15) is 15.3 Å². The van der Waals surface area contributed by atoms with Crippen LogP contribution < -0.4 is 5.32 Å². The third kappa shape index (κ3) is 2.43. The average molecular weight is 298 g/mol. The lowest BCUT2D eigenvalue weighted by Crippen LogP contribution is -2.22. The maximum atomic E-state index is 5.43. The maximum Gasteiger partial charge on any atom is 0.110 e. The fraction of sp³-hybridized carbons (Fsp3) is 0.400. The molecule has 0 radical (unpaired) electrons. The van der Waals surface area contributed by atoms with E-state index >= 15 is 0 Å². The summed E-state index contributed by atoms with van der Waals surface area (Å²) in [6.07, 6.45) is 7.44. The molecule has 3 aromatic heterocycles. The van der Waals surface area contributed by atoms with E-state index in [-0.39, 0.29) is 0 Å². The monoisotopic (exact) mass is 298 g/mol. The first-order valence-corrected chi connectivity index (χ1v) is 7.55. The first-order chi connectivity index (χ1) is 10.9. The van der Waals surface area contributed by atoms with Gasteiger partial charge < -0.3 is 10.1 Å². The van der Waals surface area contributed by atoms with E-state index in [1.807, 2.05) is 18.3 Å². The summed E-state index contributed by atoms with van der Waals surface area (Å²) in [5.74, 6) is 0. The lowest BCUT2D eigenvalue weighted by molar-refractivity contribution is 0.0655. The molecular formula is C15H18N6O. The highest BCUT2D eigenvalue weighted by molar-refractivity contribution is 5.70. The molecule has 4 rings (SSSR count). The largest absolute Gasteiger partial charge is 0.381 e. The van der Waals surface area contributed by atoms with Crippen molar-refractivity contribution in [3.8, 4) is 0 Å². The van der Waals surface area contributed by atoms with Crippen molar-refractivity contribution in [1.82, 2.24) is 24.6 Å². The van der Waals surface area contributed by atoms with Crippen LogP contribution in [0.3, 0.4) is 0 Å². The normalized spacial score (nSPS) is 16.2. The highest BCUT2D eigenvalue weighted by Crippen LogP contribution is 2.22. The number of ether oxygens (including phenoxy) is 1. The topological polar surface area (TPSA) is 69.3 Å². The molecule has 1 aliphatic heterocycles. The van der Waals surface area contributed by atoms with Crippen molar-refractivity contribution in [3.63, 3.8) is 0 Å². The van der Waals surface area contributed by atoms with Gasteiger partial charge in [0.2, 0.25) is 0 Å². The van der Waals surface area contributed by atoms with E-state index in [2.05, 4.69) is 31.4 Å². The highest BCUT2D eigenvalue weighted by Gasteiger charge is 2.18. The van der Waals surface area contributed by atoms with Crippen molar-refractivity contribution >= 4 is 11.2 Å². The smallest absolute Gasteiger partial charge is 0.110 e. The standard InChI is InChI=1S/C15H18N6O/c1-2-15-14(11-19-21(15)18-6-1)16-10-13-3-7-17-20(13)12-4-8-22-9-5-12/h1-3,6-7,11-12,16H,4-5,8-10H2. The Morgan fingerprint density at radius 2 is 2.05 bits per heavy atom. The number of fused-ring (bicyclic) bond motifs is 1. The van der Waals surface area contributed by atoms with Crippen LogP contribution in [-0.2, 0) is 11.3 Å². The van der Waals surface area contributed by atoms with Gasteiger partial charge >= 0.3 is 0 Å². The van der Waals surface area contributed by atoms with Crippen molar-refractivity contribution in [3.05, 3.63) is 42.5 Å². The number of aromatic nitrogens is 5. The summed E-state index contributed by atoms with van der Waals surface area (Å²) in [5.41, 5.74) is 3.13. The van der Waals surface area contributed by atoms with Gasteiger partial charge in [-0.25, -0.2) is 0 Å². The Morgan fingerprint density at radius 3 is 2.95 bits per heavy atom. The lowest BCUT2D eigenvalue weighted by Gasteiger charge is -2.24. The predicted octanol–water partition coefficient (Wildman–Crippen LogP) is 1.89. The van der Waals surface area contributed by atoms with Crippen LogP contribution in [0.15, 0.2) is 36.8 Å². The van der Waals surface area contributed by atoms with Crippen molar-refractivity contribution < 1.29 is 4.74 Å². The third-order valence-corrected chi connectivity index (χ3v) is 4.05. The van der Waals surface area contributed by atoms with Crippen LogP contribution in [0.25, 0.3) is 5.52 Å². The minimum atomic E-state index is 0.436. The van der Waals surface area contributed by atoms with Crippen molar-refractivity contribution in [1.29, 1.82) is 0 Å². The number of rotatable bonds is 4. The van der Waals surface area contributed by atoms with Gasteiger partial charge in [-0.1, -0.05) is 0 Å². The second-order valence-electron chi connectivity index (χ2n) is 5.42. The molecule has 1 N–H and O–H groups in total. The molecule has 0 unspecified atom stereocenters. The zero-order valence-corrected chi connectivity index (χ0v) is 12.2. The Balaban J connectivity index is 1.51. The SMILES string of the molecule is c1cnn2ncc(NCc3ccnn3C3CCOCC3)c2c1. The first-order valence-electron chi connectivity index (χ1n) is 7.55. The Morgan fingerprint density at radius 1 is 1.14 bits per heavy atom. The lowest BCUT2D eigenvalue weighted by atomic mass is 10.1. The van der Waals surface area contributed by atoms with Crippen LogP contribution in [0.2, 0.25) is 0 Å². The van der Waals surface area contributed by atoms with E-state index in [1.165, 1.54) is 5.69 Å². The molecule has 7 nitrogen and oxygen atoms in total. The highest BCUT2D eigenvalue weighted by atomic mass is 16.5. The number of hydrogen-bond donors (Lipinski definition) is 1. The summed E-state index contributed by atoms with van der Waals surface area (Å²) in [4.78, 5) is 0. The van der Waals surface area contributed by atoms with Crippen LogP contribution in [0.4, 0.5) is 5.69 Å². The van der Waals surface area contributed by atoms with E-state index < -0.39 is 0 Å². The third-order valence-electron chi connectivity index (χ3n) is 4.05. The van der Waals surface area contributed by atoms with E-state index in [0.29, 0.717) is 12.6 Å². The molecule has 0 aliphatic carbocycles. The van der Waals surface area contributed by atoms with Gasteiger partial charge in [0.15, 0.2) is 0 Å². The minimum absolute atomic E-state index is 0.436. The van der Waals surface area contributed by atoms with Crippen molar-refractivity contribution in [2.45, 2.75) is 25.4 Å². The fourth-order valence-electron chi connectivity index (χ4n) is 2.89. The Labute approximate surface area is 127 Å². The first kappa shape index (κ1) is 13.3. The Kier molecular flexibility index (Phi) is 3.48. The molecule has 1 saturated heterocycles. The van der Waals surface area contributed by atoms with Gasteiger partial charge in [-0.3, -0.25) is 4.68 Å². The van der Waals surface area contributed by atoms with Gasteiger partial charge in [0.05, 0.1) is 30.2 Å². The minimum Gasteiger partial charge on any atom is -0.381 e. The second-order valence-corrected chi connectivity index (χ2v) is 5.42. The molecule has 0 atom stereocenters. The summed E-state index contributed by atoms with van der Waals surface area (Å²) < 4.78 is 9.18. The molecule has 7 heteroatoms. The Hall–Kier alpha value is -2.41. The molecule has 3 aromatic rings. The molecule has 0 spiro atoms. The molecular weight excluding hydrogens is 280 g/mol. The zero-order chi connectivity index (χ0) is 14.8. The fourth-order valence-corrected chi connectivity index (χ4v) is 2.89. The van der Waals surface area contributed by atoms with Gasteiger partial charge in [-0.15, -0.1) is 4.63 Å². The molecule has 22 heavy (non-hydrogen) atoms. The predicted molar refractivity (Wildman–Crippen MR) is 81.6 cm³/mol. The van der Waals surface area contributed by atoms with Gasteiger partial charge in [0.1, 0.15) is 5.52 Å². The van der Waals surface area contributed by atoms with Crippen LogP contribution >= 0.6 is 0 Å². The van der Waals surface area contributed by atoms with Gasteiger partial charge in [0, 0.05) is 25.6 Å². The Bertz CT molecular complexity index is 758. The average Bonchev–Trinajstić information content (AvgIpc) is 3.20. The summed E-state index contributed by atoms with van der Waals surface area (Å²) in [5, 5.41) is 16.3.